The van der Waals surface area contributed by atoms with Crippen LogP contribution in [-0.2, 0) is 12.7 Å². The quantitative estimate of drug-likeness (QED) is 0.937. The lowest BCUT2D eigenvalue weighted by Gasteiger charge is -2.05. The minimum atomic E-state index is -4.43. The predicted octanol–water partition coefficient (Wildman–Crippen LogP) is 3.33. The molecule has 19 heavy (non-hydrogen) atoms. The summed E-state index contributed by atoms with van der Waals surface area (Å²) < 4.78 is 38.7. The Morgan fingerprint density at radius 3 is 2.74 bits per heavy atom. The number of thiazole rings is 1. The third-order valence-corrected chi connectivity index (χ3v) is 3.51. The number of hydrogen-bond acceptors (Lipinski definition) is 4. The Balaban J connectivity index is 2.40. The Labute approximate surface area is 112 Å². The van der Waals surface area contributed by atoms with Gasteiger partial charge in [0.05, 0.1) is 4.88 Å². The molecular formula is C12H12F3N3S. The zero-order chi connectivity index (χ0) is 13.9. The van der Waals surface area contributed by atoms with E-state index in [1.165, 1.54) is 6.20 Å². The van der Waals surface area contributed by atoms with Gasteiger partial charge in [-0.15, -0.1) is 11.3 Å². The molecule has 0 spiro atoms. The minimum absolute atomic E-state index is 0.170. The molecule has 0 bridgehead atoms. The van der Waals surface area contributed by atoms with Crippen LogP contribution in [-0.4, -0.2) is 16.5 Å². The summed E-state index contributed by atoms with van der Waals surface area (Å²) in [6.07, 6.45) is -1.35. The lowest BCUT2D eigenvalue weighted by molar-refractivity contribution is -0.141. The summed E-state index contributed by atoms with van der Waals surface area (Å²) in [5, 5.41) is 3.24. The van der Waals surface area contributed by atoms with Crippen LogP contribution in [0, 0.1) is 0 Å². The molecule has 0 atom stereocenters. The summed E-state index contributed by atoms with van der Waals surface area (Å²) >= 11 is 1.05. The third-order valence-electron chi connectivity index (χ3n) is 2.41. The van der Waals surface area contributed by atoms with Crippen LogP contribution in [0.25, 0.3) is 10.6 Å². The van der Waals surface area contributed by atoms with Gasteiger partial charge in [0.1, 0.15) is 5.01 Å². The Bertz CT molecular complexity index is 537. The number of pyridine rings is 1. The molecule has 7 heteroatoms. The fourth-order valence-corrected chi connectivity index (χ4v) is 2.59. The van der Waals surface area contributed by atoms with E-state index in [-0.39, 0.29) is 11.4 Å². The molecule has 102 valence electrons. The number of nitrogens with zero attached hydrogens (tertiary/aromatic N) is 2. The van der Waals surface area contributed by atoms with Crippen molar-refractivity contribution in [3.05, 3.63) is 35.1 Å². The highest BCUT2D eigenvalue weighted by Crippen LogP contribution is 2.37. The first kappa shape index (κ1) is 14.0. The van der Waals surface area contributed by atoms with Crippen molar-refractivity contribution in [2.45, 2.75) is 19.6 Å². The van der Waals surface area contributed by atoms with E-state index >= 15 is 0 Å². The largest absolute Gasteiger partial charge is 0.434 e. The van der Waals surface area contributed by atoms with Gasteiger partial charge >= 0.3 is 6.18 Å². The lowest BCUT2D eigenvalue weighted by atomic mass is 10.3. The van der Waals surface area contributed by atoms with Crippen LogP contribution in [0.4, 0.5) is 13.2 Å². The summed E-state index contributed by atoms with van der Waals surface area (Å²) in [6, 6.07) is 3.37. The van der Waals surface area contributed by atoms with Gasteiger partial charge in [-0.1, -0.05) is 6.92 Å². The van der Waals surface area contributed by atoms with Gasteiger partial charge in [0.15, 0.2) is 5.69 Å². The Morgan fingerprint density at radius 1 is 1.37 bits per heavy atom. The molecule has 0 aliphatic carbocycles. The number of nitrogens with one attached hydrogen (secondary N) is 1. The second-order valence-corrected chi connectivity index (χ2v) is 4.89. The van der Waals surface area contributed by atoms with Gasteiger partial charge < -0.3 is 5.32 Å². The van der Waals surface area contributed by atoms with E-state index in [0.29, 0.717) is 17.1 Å². The summed E-state index contributed by atoms with van der Waals surface area (Å²) in [5.41, 5.74) is -0.210. The molecule has 0 aliphatic rings. The van der Waals surface area contributed by atoms with E-state index in [0.717, 1.165) is 11.3 Å². The summed E-state index contributed by atoms with van der Waals surface area (Å²) in [6.45, 7) is 2.62. The standard InChI is InChI=1S/C12H12F3N3S/c1-2-16-7-9-10(12(13,14)15)18-11(19-9)8-4-3-5-17-6-8/h3-6,16H,2,7H2,1H3. The maximum absolute atomic E-state index is 12.9. The molecule has 2 aromatic rings. The first-order chi connectivity index (χ1) is 9.02. The van der Waals surface area contributed by atoms with E-state index < -0.39 is 11.9 Å². The van der Waals surface area contributed by atoms with Gasteiger partial charge in [-0.25, -0.2) is 4.98 Å². The molecular weight excluding hydrogens is 275 g/mol. The topological polar surface area (TPSA) is 37.8 Å². The van der Waals surface area contributed by atoms with Gasteiger partial charge in [0.2, 0.25) is 0 Å². The monoisotopic (exact) mass is 287 g/mol. The molecule has 0 aliphatic heterocycles. The van der Waals surface area contributed by atoms with Crippen LogP contribution in [0.1, 0.15) is 17.5 Å². The molecule has 0 saturated carbocycles. The zero-order valence-electron chi connectivity index (χ0n) is 10.2. The number of rotatable bonds is 4. The maximum atomic E-state index is 12.9. The second kappa shape index (κ2) is 5.66. The highest BCUT2D eigenvalue weighted by atomic mass is 32.1. The maximum Gasteiger partial charge on any atom is 0.434 e. The van der Waals surface area contributed by atoms with Crippen molar-refractivity contribution >= 4 is 11.3 Å². The van der Waals surface area contributed by atoms with Crippen molar-refractivity contribution in [1.82, 2.24) is 15.3 Å². The SMILES string of the molecule is CCNCc1sc(-c2cccnc2)nc1C(F)(F)F. The van der Waals surface area contributed by atoms with Crippen molar-refractivity contribution < 1.29 is 13.2 Å². The van der Waals surface area contributed by atoms with Crippen LogP contribution in [0.3, 0.4) is 0 Å². The number of halogens is 3. The molecule has 2 rings (SSSR count). The van der Waals surface area contributed by atoms with Crippen LogP contribution in [0.5, 0.6) is 0 Å². The fourth-order valence-electron chi connectivity index (χ4n) is 1.54. The third kappa shape index (κ3) is 3.30. The first-order valence-electron chi connectivity index (χ1n) is 5.70. The normalized spacial score (nSPS) is 11.8. The van der Waals surface area contributed by atoms with Crippen molar-refractivity contribution in [3.63, 3.8) is 0 Å². The Hall–Kier alpha value is -1.47. The van der Waals surface area contributed by atoms with Gasteiger partial charge in [-0.2, -0.15) is 13.2 Å². The van der Waals surface area contributed by atoms with Crippen LogP contribution in [0.15, 0.2) is 24.5 Å². The van der Waals surface area contributed by atoms with Crippen molar-refractivity contribution in [1.29, 1.82) is 0 Å². The molecule has 0 amide bonds. The second-order valence-electron chi connectivity index (χ2n) is 3.81. The van der Waals surface area contributed by atoms with E-state index in [1.807, 2.05) is 6.92 Å². The summed E-state index contributed by atoms with van der Waals surface area (Å²) in [7, 11) is 0. The minimum Gasteiger partial charge on any atom is -0.312 e. The van der Waals surface area contributed by atoms with Crippen LogP contribution < -0.4 is 5.32 Å². The lowest BCUT2D eigenvalue weighted by Crippen LogP contribution is -2.15. The van der Waals surface area contributed by atoms with E-state index in [2.05, 4.69) is 15.3 Å². The molecule has 0 radical (unpaired) electrons. The fraction of sp³-hybridized carbons (Fsp3) is 0.333. The highest BCUT2D eigenvalue weighted by Gasteiger charge is 2.37. The van der Waals surface area contributed by atoms with E-state index in [4.69, 9.17) is 0 Å². The zero-order valence-corrected chi connectivity index (χ0v) is 11.0. The van der Waals surface area contributed by atoms with Crippen molar-refractivity contribution in [2.24, 2.45) is 0 Å². The molecule has 2 heterocycles. The van der Waals surface area contributed by atoms with Crippen molar-refractivity contribution in [2.75, 3.05) is 6.54 Å². The molecule has 2 aromatic heterocycles. The summed E-state index contributed by atoms with van der Waals surface area (Å²) in [4.78, 5) is 7.81. The molecule has 3 nitrogen and oxygen atoms in total. The molecule has 0 saturated heterocycles. The average Bonchev–Trinajstić information content (AvgIpc) is 2.81. The van der Waals surface area contributed by atoms with Gasteiger partial charge in [-0.05, 0) is 18.7 Å². The number of alkyl halides is 3. The van der Waals surface area contributed by atoms with Gasteiger partial charge in [0, 0.05) is 24.5 Å². The number of aromatic nitrogens is 2. The first-order valence-corrected chi connectivity index (χ1v) is 6.52. The van der Waals surface area contributed by atoms with Crippen LogP contribution >= 0.6 is 11.3 Å². The smallest absolute Gasteiger partial charge is 0.312 e. The summed E-state index contributed by atoms with van der Waals surface area (Å²) in [5.74, 6) is 0. The van der Waals surface area contributed by atoms with E-state index in [1.54, 1.807) is 18.3 Å². The number of hydrogen-bond donors (Lipinski definition) is 1. The predicted molar refractivity (Wildman–Crippen MR) is 67.7 cm³/mol. The molecule has 1 N–H and O–H groups in total. The van der Waals surface area contributed by atoms with Gasteiger partial charge in [0.25, 0.3) is 0 Å². The van der Waals surface area contributed by atoms with E-state index in [9.17, 15) is 13.2 Å². The Morgan fingerprint density at radius 2 is 2.16 bits per heavy atom. The highest BCUT2D eigenvalue weighted by molar-refractivity contribution is 7.15. The molecule has 0 fully saturated rings. The van der Waals surface area contributed by atoms with Crippen LogP contribution in [0.2, 0.25) is 0 Å². The molecule has 0 unspecified atom stereocenters. The van der Waals surface area contributed by atoms with Crippen molar-refractivity contribution in [3.8, 4) is 10.6 Å². The molecule has 0 aromatic carbocycles. The van der Waals surface area contributed by atoms with Gasteiger partial charge in [-0.3, -0.25) is 4.98 Å². The Kier molecular flexibility index (Phi) is 4.16. The average molecular weight is 287 g/mol.